The van der Waals surface area contributed by atoms with E-state index in [4.69, 9.17) is 0 Å². The lowest BCUT2D eigenvalue weighted by molar-refractivity contribution is -0.132. The number of nitrogens with one attached hydrogen (secondary N) is 1. The molecule has 0 spiro atoms. The molecule has 2 aromatic rings. The number of nitrogens with zero attached hydrogens (tertiary/aromatic N) is 4. The summed E-state index contributed by atoms with van der Waals surface area (Å²) in [7, 11) is 1.64. The van der Waals surface area contributed by atoms with Crippen molar-refractivity contribution in [3.05, 3.63) is 48.3 Å². The first-order valence-electron chi connectivity index (χ1n) is 7.99. The largest absolute Gasteiger partial charge is 0.339 e. The molecule has 0 radical (unpaired) electrons. The summed E-state index contributed by atoms with van der Waals surface area (Å²) in [5.74, 6) is -0.233. The van der Waals surface area contributed by atoms with Crippen molar-refractivity contribution in [2.45, 2.75) is 0 Å². The highest BCUT2D eigenvalue weighted by atomic mass is 35.5. The van der Waals surface area contributed by atoms with Gasteiger partial charge in [-0.2, -0.15) is 5.10 Å². The van der Waals surface area contributed by atoms with Crippen LogP contribution in [0.5, 0.6) is 0 Å². The zero-order valence-electron chi connectivity index (χ0n) is 14.1. The Morgan fingerprint density at radius 1 is 1.20 bits per heavy atom. The van der Waals surface area contributed by atoms with Gasteiger partial charge in [0.15, 0.2) is 0 Å². The number of rotatable bonds is 4. The molecule has 3 rings (SSSR count). The summed E-state index contributed by atoms with van der Waals surface area (Å²) >= 11 is 0. The first-order chi connectivity index (χ1) is 11.6. The number of benzene rings is 1. The smallest absolute Gasteiger partial charge is 0.257 e. The zero-order chi connectivity index (χ0) is 16.9. The van der Waals surface area contributed by atoms with E-state index in [9.17, 15) is 9.59 Å². The number of hydrogen-bond donors (Lipinski definition) is 1. The van der Waals surface area contributed by atoms with Crippen molar-refractivity contribution < 1.29 is 9.59 Å². The number of aromatic nitrogens is 2. The molecule has 2 amide bonds. The summed E-state index contributed by atoms with van der Waals surface area (Å²) in [5.41, 5.74) is 1.35. The molecule has 7 nitrogen and oxygen atoms in total. The molecule has 1 saturated heterocycles. The molecule has 0 saturated carbocycles. The van der Waals surface area contributed by atoms with Crippen LogP contribution in [-0.4, -0.2) is 71.2 Å². The highest BCUT2D eigenvalue weighted by Gasteiger charge is 2.21. The average Bonchev–Trinajstić information content (AvgIpc) is 3.12. The van der Waals surface area contributed by atoms with Gasteiger partial charge >= 0.3 is 0 Å². The molecular weight excluding hydrogens is 342 g/mol. The monoisotopic (exact) mass is 363 g/mol. The lowest BCUT2D eigenvalue weighted by Gasteiger charge is -2.29. The second-order valence-corrected chi connectivity index (χ2v) is 5.80. The van der Waals surface area contributed by atoms with Crippen LogP contribution in [0.25, 0.3) is 5.69 Å². The third-order valence-electron chi connectivity index (χ3n) is 4.04. The maximum atomic E-state index is 12.5. The molecule has 1 aliphatic rings. The molecule has 1 fully saturated rings. The summed E-state index contributed by atoms with van der Waals surface area (Å²) in [6, 6.07) is 9.58. The van der Waals surface area contributed by atoms with Crippen molar-refractivity contribution in [1.82, 2.24) is 24.9 Å². The van der Waals surface area contributed by atoms with E-state index in [-0.39, 0.29) is 30.8 Å². The minimum Gasteiger partial charge on any atom is -0.339 e. The Kier molecular flexibility index (Phi) is 6.55. The van der Waals surface area contributed by atoms with E-state index in [0.29, 0.717) is 18.7 Å². The Hall–Kier alpha value is -2.38. The number of halogens is 1. The molecular formula is C17H22ClN5O2. The molecule has 0 aliphatic carbocycles. The first-order valence-corrected chi connectivity index (χ1v) is 7.99. The Morgan fingerprint density at radius 3 is 2.56 bits per heavy atom. The van der Waals surface area contributed by atoms with Gasteiger partial charge in [0.05, 0.1) is 24.0 Å². The van der Waals surface area contributed by atoms with Crippen molar-refractivity contribution in [2.24, 2.45) is 0 Å². The van der Waals surface area contributed by atoms with Gasteiger partial charge in [0.2, 0.25) is 5.91 Å². The fraction of sp³-hybridized carbons (Fsp3) is 0.353. The topological polar surface area (TPSA) is 70.5 Å². The summed E-state index contributed by atoms with van der Waals surface area (Å²) < 4.78 is 1.65. The van der Waals surface area contributed by atoms with Gasteiger partial charge in [-0.3, -0.25) is 9.59 Å². The quantitative estimate of drug-likeness (QED) is 0.872. The van der Waals surface area contributed by atoms with Gasteiger partial charge in [-0.1, -0.05) is 18.2 Å². The molecule has 1 N–H and O–H groups in total. The van der Waals surface area contributed by atoms with Crippen LogP contribution in [0.1, 0.15) is 10.4 Å². The number of likely N-dealkylation sites (N-methyl/N-ethyl adjacent to an activating group) is 1. The van der Waals surface area contributed by atoms with Crippen LogP contribution in [-0.2, 0) is 4.79 Å². The van der Waals surface area contributed by atoms with Gasteiger partial charge in [-0.25, -0.2) is 4.68 Å². The van der Waals surface area contributed by atoms with Crippen molar-refractivity contribution in [1.29, 1.82) is 0 Å². The van der Waals surface area contributed by atoms with E-state index in [2.05, 4.69) is 10.4 Å². The molecule has 0 bridgehead atoms. The van der Waals surface area contributed by atoms with E-state index in [1.807, 2.05) is 30.3 Å². The lowest BCUT2D eigenvalue weighted by atomic mass is 10.3. The summed E-state index contributed by atoms with van der Waals surface area (Å²) in [6.45, 7) is 3.05. The first kappa shape index (κ1) is 19.0. The van der Waals surface area contributed by atoms with Crippen molar-refractivity contribution in [2.75, 3.05) is 39.8 Å². The third-order valence-corrected chi connectivity index (χ3v) is 4.04. The molecule has 0 unspecified atom stereocenters. The van der Waals surface area contributed by atoms with E-state index in [0.717, 1.165) is 18.8 Å². The van der Waals surface area contributed by atoms with Crippen molar-refractivity contribution in [3.8, 4) is 5.69 Å². The minimum atomic E-state index is -0.208. The lowest BCUT2D eigenvalue weighted by Crippen LogP contribution is -2.49. The Labute approximate surface area is 153 Å². The van der Waals surface area contributed by atoms with Crippen molar-refractivity contribution >= 4 is 24.2 Å². The number of piperazine rings is 1. The summed E-state index contributed by atoms with van der Waals surface area (Å²) in [6.07, 6.45) is 3.21. The Bertz CT molecular complexity index is 713. The summed E-state index contributed by atoms with van der Waals surface area (Å²) in [5, 5.41) is 7.43. The van der Waals surface area contributed by atoms with Gasteiger partial charge in [0.25, 0.3) is 5.91 Å². The maximum Gasteiger partial charge on any atom is 0.257 e. The highest BCUT2D eigenvalue weighted by molar-refractivity contribution is 5.96. The second kappa shape index (κ2) is 8.64. The standard InChI is InChI=1S/C17H21N5O2.ClH/c1-20(13-16(23)21-9-7-18-8-10-21)17(24)14-11-19-22(12-14)15-5-3-2-4-6-15;/h2-6,11-12,18H,7-10,13H2,1H3;1H. The molecule has 0 atom stereocenters. The van der Waals surface area contributed by atoms with Crippen LogP contribution in [0.2, 0.25) is 0 Å². The van der Waals surface area contributed by atoms with Crippen LogP contribution in [0.3, 0.4) is 0 Å². The molecule has 8 heteroatoms. The number of amides is 2. The Morgan fingerprint density at radius 2 is 1.88 bits per heavy atom. The van der Waals surface area contributed by atoms with E-state index < -0.39 is 0 Å². The Balaban J connectivity index is 0.00000225. The fourth-order valence-corrected chi connectivity index (χ4v) is 2.66. The number of para-hydroxylation sites is 1. The molecule has 1 aliphatic heterocycles. The molecule has 2 heterocycles. The SMILES string of the molecule is CN(CC(=O)N1CCNCC1)C(=O)c1cnn(-c2ccccc2)c1.Cl. The van der Waals surface area contributed by atoms with Crippen LogP contribution >= 0.6 is 12.4 Å². The van der Waals surface area contributed by atoms with Gasteiger partial charge in [0, 0.05) is 39.4 Å². The number of hydrogen-bond acceptors (Lipinski definition) is 4. The van der Waals surface area contributed by atoms with E-state index >= 15 is 0 Å². The average molecular weight is 364 g/mol. The van der Waals surface area contributed by atoms with E-state index in [1.165, 1.54) is 11.1 Å². The predicted molar refractivity (Wildman–Crippen MR) is 97.2 cm³/mol. The second-order valence-electron chi connectivity index (χ2n) is 5.80. The van der Waals surface area contributed by atoms with Crippen LogP contribution in [0.4, 0.5) is 0 Å². The number of carbonyl (C=O) groups is 2. The minimum absolute atomic E-state index is 0. The predicted octanol–water partition coefficient (Wildman–Crippen LogP) is 0.798. The molecule has 134 valence electrons. The maximum absolute atomic E-state index is 12.5. The van der Waals surface area contributed by atoms with Crippen LogP contribution in [0.15, 0.2) is 42.7 Å². The molecule has 1 aromatic heterocycles. The van der Waals surface area contributed by atoms with E-state index in [1.54, 1.807) is 22.8 Å². The van der Waals surface area contributed by atoms with Gasteiger partial charge in [-0.15, -0.1) is 12.4 Å². The normalized spacial score (nSPS) is 13.9. The summed E-state index contributed by atoms with van der Waals surface area (Å²) in [4.78, 5) is 28.0. The van der Waals surface area contributed by atoms with Gasteiger partial charge < -0.3 is 15.1 Å². The number of carbonyl (C=O) groups excluding carboxylic acids is 2. The van der Waals surface area contributed by atoms with Crippen molar-refractivity contribution in [3.63, 3.8) is 0 Å². The van der Waals surface area contributed by atoms with Gasteiger partial charge in [-0.05, 0) is 12.1 Å². The molecule has 1 aromatic carbocycles. The van der Waals surface area contributed by atoms with Crippen LogP contribution in [0, 0.1) is 0 Å². The molecule has 25 heavy (non-hydrogen) atoms. The highest BCUT2D eigenvalue weighted by Crippen LogP contribution is 2.09. The van der Waals surface area contributed by atoms with Crippen LogP contribution < -0.4 is 5.32 Å². The van der Waals surface area contributed by atoms with Gasteiger partial charge in [0.1, 0.15) is 0 Å². The fourth-order valence-electron chi connectivity index (χ4n) is 2.66. The third kappa shape index (κ3) is 4.58. The zero-order valence-corrected chi connectivity index (χ0v) is 14.9.